The summed E-state index contributed by atoms with van der Waals surface area (Å²) in [6.07, 6.45) is 0. The Labute approximate surface area is 40.8 Å². The highest BCUT2D eigenvalue weighted by Gasteiger charge is 1.84. The molecule has 0 saturated heterocycles. The Morgan fingerprint density at radius 3 is 2.33 bits per heavy atom. The fourth-order valence-corrected chi connectivity index (χ4v) is 0.157. The molecule has 4 heteroatoms. The lowest BCUT2D eigenvalue weighted by molar-refractivity contribution is -0.201. The molecular formula is C2H4O3S. The summed E-state index contributed by atoms with van der Waals surface area (Å²) in [7, 11) is 0. The van der Waals surface area contributed by atoms with Crippen molar-refractivity contribution in [3.63, 3.8) is 0 Å². The number of rotatable bonds is 1. The van der Waals surface area contributed by atoms with E-state index in [0.717, 1.165) is 0 Å². The van der Waals surface area contributed by atoms with Crippen LogP contribution < -0.4 is 0 Å². The first-order chi connectivity index (χ1) is 2.77. The van der Waals surface area contributed by atoms with Gasteiger partial charge in [-0.3, -0.25) is 4.89 Å². The first-order valence-electron chi connectivity index (χ1n) is 1.26. The van der Waals surface area contributed by atoms with Crippen molar-refractivity contribution in [2.75, 3.05) is 0 Å². The molecule has 0 radical (unpaired) electrons. The van der Waals surface area contributed by atoms with Gasteiger partial charge in [0.2, 0.25) is 0 Å². The van der Waals surface area contributed by atoms with Crippen LogP contribution in [-0.2, 0) is 14.0 Å². The predicted octanol–water partition coefficient (Wildman–Crippen LogP) is 0.326. The molecule has 0 unspecified atom stereocenters. The summed E-state index contributed by atoms with van der Waals surface area (Å²) in [4.78, 5) is 13.4. The number of hydrogen-bond acceptors (Lipinski definition) is 4. The van der Waals surface area contributed by atoms with Gasteiger partial charge < -0.3 is 0 Å². The van der Waals surface area contributed by atoms with Gasteiger partial charge in [-0.25, -0.2) is 4.79 Å². The van der Waals surface area contributed by atoms with Crippen molar-refractivity contribution in [1.29, 1.82) is 0 Å². The van der Waals surface area contributed by atoms with Crippen LogP contribution in [0.15, 0.2) is 0 Å². The fraction of sp³-hybridized carbons (Fsp3) is 0.500. The first kappa shape index (κ1) is 5.78. The molecule has 0 aliphatic rings. The van der Waals surface area contributed by atoms with Gasteiger partial charge >= 0.3 is 5.97 Å². The molecule has 0 saturated carbocycles. The summed E-state index contributed by atoms with van der Waals surface area (Å²) in [6.45, 7) is 1.22. The second-order valence-electron chi connectivity index (χ2n) is 0.649. The molecule has 0 heterocycles. The minimum atomic E-state index is -0.509. The van der Waals surface area contributed by atoms with Crippen molar-refractivity contribution in [3.8, 4) is 0 Å². The minimum Gasteiger partial charge on any atom is -0.287 e. The molecule has 0 bridgehead atoms. The van der Waals surface area contributed by atoms with Gasteiger partial charge in [-0.2, -0.15) is 0 Å². The lowest BCUT2D eigenvalue weighted by atomic mass is 10.9. The summed E-state index contributed by atoms with van der Waals surface area (Å²) in [5.41, 5.74) is 0. The molecular weight excluding hydrogens is 104 g/mol. The van der Waals surface area contributed by atoms with Gasteiger partial charge in [0.25, 0.3) is 0 Å². The van der Waals surface area contributed by atoms with E-state index in [0.29, 0.717) is 0 Å². The molecule has 36 valence electrons. The highest BCUT2D eigenvalue weighted by Crippen LogP contribution is 1.79. The molecule has 0 aliphatic carbocycles. The average Bonchev–Trinajstić information content (AvgIpc) is 1.35. The number of hydrogen-bond donors (Lipinski definition) is 1. The van der Waals surface area contributed by atoms with Gasteiger partial charge in [0, 0.05) is 19.8 Å². The monoisotopic (exact) mass is 108 g/mol. The molecule has 0 rings (SSSR count). The van der Waals surface area contributed by atoms with Crippen LogP contribution in [0.1, 0.15) is 6.92 Å². The van der Waals surface area contributed by atoms with E-state index in [1.54, 1.807) is 0 Å². The van der Waals surface area contributed by atoms with Gasteiger partial charge in [0.05, 0.1) is 0 Å². The van der Waals surface area contributed by atoms with E-state index in [4.69, 9.17) is 0 Å². The standard InChI is InChI=1S/C2H4O3S/c1-2(3)4-5-6/h6H,1H3. The molecule has 0 spiro atoms. The summed E-state index contributed by atoms with van der Waals surface area (Å²) in [5.74, 6) is -0.509. The van der Waals surface area contributed by atoms with Crippen molar-refractivity contribution in [3.05, 3.63) is 0 Å². The zero-order valence-electron chi connectivity index (χ0n) is 3.17. The molecule has 0 amide bonds. The molecule has 0 aliphatic heterocycles. The molecule has 3 nitrogen and oxygen atoms in total. The Bertz CT molecular complexity index is 52.8. The van der Waals surface area contributed by atoms with E-state index in [9.17, 15) is 4.79 Å². The summed E-state index contributed by atoms with van der Waals surface area (Å²) in [6, 6.07) is 0. The van der Waals surface area contributed by atoms with Crippen LogP contribution in [0.3, 0.4) is 0 Å². The zero-order chi connectivity index (χ0) is 4.99. The Balaban J connectivity index is 2.83. The molecule has 0 fully saturated rings. The highest BCUT2D eigenvalue weighted by atomic mass is 32.1. The Kier molecular flexibility index (Phi) is 2.88. The lowest BCUT2D eigenvalue weighted by Gasteiger charge is -1.85. The molecule has 6 heavy (non-hydrogen) atoms. The second-order valence-corrected chi connectivity index (χ2v) is 0.799. The summed E-state index contributed by atoms with van der Waals surface area (Å²) < 4.78 is 3.65. The maximum atomic E-state index is 9.65. The maximum absolute atomic E-state index is 9.65. The van der Waals surface area contributed by atoms with Gasteiger partial charge in [0.15, 0.2) is 0 Å². The van der Waals surface area contributed by atoms with Crippen molar-refractivity contribution < 1.29 is 14.0 Å². The van der Waals surface area contributed by atoms with Crippen LogP contribution >= 0.6 is 12.9 Å². The number of carbonyl (C=O) groups is 1. The maximum Gasteiger partial charge on any atom is 0.340 e. The first-order valence-corrected chi connectivity index (χ1v) is 1.62. The highest BCUT2D eigenvalue weighted by molar-refractivity contribution is 7.74. The SMILES string of the molecule is CC(=O)OOS. The third-order valence-electron chi connectivity index (χ3n) is 0.155. The van der Waals surface area contributed by atoms with Crippen LogP contribution in [0.4, 0.5) is 0 Å². The number of thiol groups is 1. The predicted molar refractivity (Wildman–Crippen MR) is 21.8 cm³/mol. The van der Waals surface area contributed by atoms with Gasteiger partial charge in [-0.1, -0.05) is 0 Å². The van der Waals surface area contributed by atoms with Crippen LogP contribution in [0.25, 0.3) is 0 Å². The molecule has 0 aromatic heterocycles. The topological polar surface area (TPSA) is 35.5 Å². The van der Waals surface area contributed by atoms with E-state index in [1.807, 2.05) is 0 Å². The third-order valence-corrected chi connectivity index (χ3v) is 0.229. The average molecular weight is 108 g/mol. The van der Waals surface area contributed by atoms with E-state index < -0.39 is 5.97 Å². The lowest BCUT2D eigenvalue weighted by Crippen LogP contribution is -1.91. The van der Waals surface area contributed by atoms with Crippen molar-refractivity contribution in [2.45, 2.75) is 6.92 Å². The molecule has 0 aromatic rings. The smallest absolute Gasteiger partial charge is 0.287 e. The number of carbonyl (C=O) groups excluding carboxylic acids is 1. The quantitative estimate of drug-likeness (QED) is 0.227. The Morgan fingerprint density at radius 1 is 1.83 bits per heavy atom. The summed E-state index contributed by atoms with van der Waals surface area (Å²) in [5, 5.41) is 0. The van der Waals surface area contributed by atoms with Gasteiger partial charge in [0.1, 0.15) is 0 Å². The fourth-order valence-electron chi connectivity index (χ4n) is 0.0525. The van der Waals surface area contributed by atoms with Gasteiger partial charge in [-0.05, 0) is 0 Å². The van der Waals surface area contributed by atoms with Crippen LogP contribution in [0.2, 0.25) is 0 Å². The van der Waals surface area contributed by atoms with Crippen LogP contribution in [0.5, 0.6) is 0 Å². The van der Waals surface area contributed by atoms with E-state index in [2.05, 4.69) is 22.1 Å². The largest absolute Gasteiger partial charge is 0.340 e. The Morgan fingerprint density at radius 2 is 2.33 bits per heavy atom. The minimum absolute atomic E-state index is 0.509. The Hall–Kier alpha value is -0.220. The van der Waals surface area contributed by atoms with Crippen LogP contribution in [-0.4, -0.2) is 5.97 Å². The zero-order valence-corrected chi connectivity index (χ0v) is 4.07. The van der Waals surface area contributed by atoms with Crippen molar-refractivity contribution in [1.82, 2.24) is 0 Å². The normalized spacial score (nSPS) is 7.67. The summed E-state index contributed by atoms with van der Waals surface area (Å²) >= 11 is 3.12. The molecule has 0 atom stereocenters. The third kappa shape index (κ3) is 3.78. The molecule has 0 aromatic carbocycles. The van der Waals surface area contributed by atoms with E-state index in [-0.39, 0.29) is 0 Å². The van der Waals surface area contributed by atoms with Crippen LogP contribution in [0, 0.1) is 0 Å². The second kappa shape index (κ2) is 2.99. The van der Waals surface area contributed by atoms with Gasteiger partial charge in [-0.15, -0.1) is 4.33 Å². The van der Waals surface area contributed by atoms with Crippen molar-refractivity contribution >= 4 is 18.9 Å². The molecule has 0 N–H and O–H groups in total. The van der Waals surface area contributed by atoms with Crippen molar-refractivity contribution in [2.24, 2.45) is 0 Å². The van der Waals surface area contributed by atoms with E-state index >= 15 is 0 Å². The van der Waals surface area contributed by atoms with E-state index in [1.165, 1.54) is 6.92 Å².